The third-order valence-electron chi connectivity index (χ3n) is 4.79. The molecule has 1 aliphatic rings. The Bertz CT molecular complexity index is 887. The second-order valence-corrected chi connectivity index (χ2v) is 6.72. The molecule has 0 spiro atoms. The quantitative estimate of drug-likeness (QED) is 0.716. The Morgan fingerprint density at radius 2 is 2.04 bits per heavy atom. The molecule has 3 aromatic rings. The molecule has 0 fully saturated rings. The minimum Gasteiger partial charge on any atom is -0.424 e. The molecule has 0 aliphatic carbocycles. The molecule has 0 unspecified atom stereocenters. The van der Waals surface area contributed by atoms with Crippen LogP contribution in [0.25, 0.3) is 0 Å². The number of aryl methyl sites for hydroxylation is 1. The fourth-order valence-electron chi connectivity index (χ4n) is 3.28. The zero-order chi connectivity index (χ0) is 17.4. The molecule has 3 heterocycles. The van der Waals surface area contributed by atoms with Crippen LogP contribution in [0.3, 0.4) is 0 Å². The average Bonchev–Trinajstić information content (AvgIpc) is 3.23. The van der Waals surface area contributed by atoms with Crippen LogP contribution < -0.4 is 0 Å². The van der Waals surface area contributed by atoms with Crippen molar-refractivity contribution >= 4 is 11.6 Å². The maximum absolute atomic E-state index is 6.14. The van der Waals surface area contributed by atoms with Gasteiger partial charge in [0.1, 0.15) is 11.0 Å². The summed E-state index contributed by atoms with van der Waals surface area (Å²) < 4.78 is 7.78. The number of hydrogen-bond acceptors (Lipinski definition) is 5. The number of rotatable bonds is 4. The number of benzene rings is 1. The van der Waals surface area contributed by atoms with Gasteiger partial charge in [0.05, 0.1) is 18.8 Å². The van der Waals surface area contributed by atoms with E-state index in [-0.39, 0.29) is 6.04 Å². The Kier molecular flexibility index (Phi) is 4.31. The van der Waals surface area contributed by atoms with Gasteiger partial charge in [0, 0.05) is 20.0 Å². The van der Waals surface area contributed by atoms with Crippen LogP contribution in [0.2, 0.25) is 5.15 Å². The van der Waals surface area contributed by atoms with Crippen LogP contribution in [0, 0.1) is 0 Å². The van der Waals surface area contributed by atoms with Crippen LogP contribution >= 0.6 is 11.6 Å². The lowest BCUT2D eigenvalue weighted by Gasteiger charge is -2.34. The molecule has 0 radical (unpaired) electrons. The second-order valence-electron chi connectivity index (χ2n) is 6.34. The van der Waals surface area contributed by atoms with Crippen LogP contribution in [-0.2, 0) is 33.0 Å². The van der Waals surface area contributed by atoms with E-state index in [1.54, 1.807) is 6.20 Å². The fraction of sp³-hybridized carbons (Fsp3) is 0.389. The molecule has 0 bridgehead atoms. The Labute approximate surface area is 151 Å². The first-order valence-corrected chi connectivity index (χ1v) is 8.82. The van der Waals surface area contributed by atoms with Crippen LogP contribution in [0.4, 0.5) is 0 Å². The maximum atomic E-state index is 6.14. The van der Waals surface area contributed by atoms with Crippen molar-refractivity contribution in [3.05, 3.63) is 64.3 Å². The number of aromatic nitrogens is 4. The lowest BCUT2D eigenvalue weighted by Crippen LogP contribution is -2.34. The predicted molar refractivity (Wildman–Crippen MR) is 94.0 cm³/mol. The third-order valence-corrected chi connectivity index (χ3v) is 5.14. The molecule has 2 aromatic heterocycles. The maximum Gasteiger partial charge on any atom is 0.233 e. The van der Waals surface area contributed by atoms with Crippen molar-refractivity contribution in [3.63, 3.8) is 0 Å². The molecular formula is C18H20ClN5O. The average molecular weight is 358 g/mol. The van der Waals surface area contributed by atoms with Crippen molar-refractivity contribution in [2.45, 2.75) is 38.9 Å². The van der Waals surface area contributed by atoms with Crippen LogP contribution in [0.1, 0.15) is 41.7 Å². The van der Waals surface area contributed by atoms with Crippen molar-refractivity contribution in [1.29, 1.82) is 0 Å². The largest absolute Gasteiger partial charge is 0.424 e. The number of imidazole rings is 1. The van der Waals surface area contributed by atoms with Gasteiger partial charge in [-0.3, -0.25) is 4.90 Å². The van der Waals surface area contributed by atoms with E-state index >= 15 is 0 Å². The molecule has 0 N–H and O–H groups in total. The van der Waals surface area contributed by atoms with Crippen LogP contribution in [0.15, 0.2) is 34.9 Å². The number of hydrogen-bond donors (Lipinski definition) is 0. The molecule has 1 aromatic carbocycles. The third kappa shape index (κ3) is 3.07. The van der Waals surface area contributed by atoms with E-state index in [1.807, 2.05) is 18.5 Å². The number of halogens is 1. The zero-order valence-electron chi connectivity index (χ0n) is 14.3. The minimum absolute atomic E-state index is 0.0400. The monoisotopic (exact) mass is 357 g/mol. The molecule has 25 heavy (non-hydrogen) atoms. The van der Waals surface area contributed by atoms with E-state index in [4.69, 9.17) is 16.0 Å². The fourth-order valence-corrected chi connectivity index (χ4v) is 3.43. The molecule has 1 atom stereocenters. The Hall–Kier alpha value is -2.18. The van der Waals surface area contributed by atoms with Gasteiger partial charge in [-0.2, -0.15) is 0 Å². The molecule has 1 aliphatic heterocycles. The Balaban J connectivity index is 1.68. The van der Waals surface area contributed by atoms with Gasteiger partial charge in [-0.15, -0.1) is 10.2 Å². The Morgan fingerprint density at radius 3 is 2.72 bits per heavy atom. The van der Waals surface area contributed by atoms with Gasteiger partial charge in [-0.25, -0.2) is 4.98 Å². The number of fused-ring (bicyclic) bond motifs is 1. The summed E-state index contributed by atoms with van der Waals surface area (Å²) in [5.74, 6) is 2.27. The topological polar surface area (TPSA) is 60.0 Å². The van der Waals surface area contributed by atoms with Crippen LogP contribution in [-0.4, -0.2) is 24.6 Å². The van der Waals surface area contributed by atoms with E-state index < -0.39 is 0 Å². The smallest absolute Gasteiger partial charge is 0.233 e. The molecule has 0 amide bonds. The van der Waals surface area contributed by atoms with Gasteiger partial charge in [0.15, 0.2) is 0 Å². The lowest BCUT2D eigenvalue weighted by molar-refractivity contribution is 0.132. The summed E-state index contributed by atoms with van der Waals surface area (Å²) in [6.07, 6.45) is 3.27. The SMILES string of the molecule is CCc1nnc([C@H]2Cc3ccccc3CN2Cc2ncc(Cl)n2C)o1. The van der Waals surface area contributed by atoms with E-state index in [1.165, 1.54) is 11.1 Å². The summed E-state index contributed by atoms with van der Waals surface area (Å²) in [6, 6.07) is 8.55. The summed E-state index contributed by atoms with van der Waals surface area (Å²) >= 11 is 6.14. The predicted octanol–water partition coefficient (Wildman–Crippen LogP) is 3.32. The normalized spacial score (nSPS) is 17.6. The van der Waals surface area contributed by atoms with Crippen molar-refractivity contribution in [2.24, 2.45) is 7.05 Å². The molecule has 7 heteroatoms. The van der Waals surface area contributed by atoms with Crippen molar-refractivity contribution in [2.75, 3.05) is 0 Å². The highest BCUT2D eigenvalue weighted by Gasteiger charge is 2.32. The summed E-state index contributed by atoms with van der Waals surface area (Å²) in [7, 11) is 1.93. The van der Waals surface area contributed by atoms with E-state index in [0.29, 0.717) is 23.5 Å². The van der Waals surface area contributed by atoms with Gasteiger partial charge in [0.2, 0.25) is 11.8 Å². The molecule has 4 rings (SSSR count). The van der Waals surface area contributed by atoms with E-state index in [2.05, 4.69) is 44.3 Å². The van der Waals surface area contributed by atoms with Crippen molar-refractivity contribution in [1.82, 2.24) is 24.6 Å². The van der Waals surface area contributed by atoms with Gasteiger partial charge in [-0.05, 0) is 17.5 Å². The molecule has 0 saturated heterocycles. The van der Waals surface area contributed by atoms with Crippen LogP contribution in [0.5, 0.6) is 0 Å². The van der Waals surface area contributed by atoms with Gasteiger partial charge >= 0.3 is 0 Å². The first-order valence-electron chi connectivity index (χ1n) is 8.45. The minimum atomic E-state index is 0.0400. The summed E-state index contributed by atoms with van der Waals surface area (Å²) in [5, 5.41) is 9.07. The van der Waals surface area contributed by atoms with E-state index in [9.17, 15) is 0 Å². The molecule has 0 saturated carbocycles. The standard InChI is InChI=1S/C18H20ClN5O/c1-3-17-21-22-18(25-17)14-8-12-6-4-5-7-13(12)10-24(14)11-16-20-9-15(19)23(16)2/h4-7,9,14H,3,8,10-11H2,1-2H3/t14-/m1/s1. The zero-order valence-corrected chi connectivity index (χ0v) is 15.1. The van der Waals surface area contributed by atoms with Crippen molar-refractivity contribution < 1.29 is 4.42 Å². The van der Waals surface area contributed by atoms with Gasteiger partial charge < -0.3 is 8.98 Å². The highest BCUT2D eigenvalue weighted by molar-refractivity contribution is 6.29. The molecule has 130 valence electrons. The number of nitrogens with zero attached hydrogens (tertiary/aromatic N) is 5. The molecular weight excluding hydrogens is 338 g/mol. The summed E-state index contributed by atoms with van der Waals surface area (Å²) in [6.45, 7) is 3.50. The van der Waals surface area contributed by atoms with Gasteiger partial charge in [-0.1, -0.05) is 42.8 Å². The lowest BCUT2D eigenvalue weighted by atomic mass is 9.94. The second kappa shape index (κ2) is 6.61. The Morgan fingerprint density at radius 1 is 1.24 bits per heavy atom. The van der Waals surface area contributed by atoms with E-state index in [0.717, 1.165) is 25.2 Å². The first-order chi connectivity index (χ1) is 12.2. The highest BCUT2D eigenvalue weighted by Crippen LogP contribution is 2.33. The summed E-state index contributed by atoms with van der Waals surface area (Å²) in [5.41, 5.74) is 2.66. The highest BCUT2D eigenvalue weighted by atomic mass is 35.5. The van der Waals surface area contributed by atoms with Crippen molar-refractivity contribution in [3.8, 4) is 0 Å². The first kappa shape index (κ1) is 16.3. The molecule has 6 nitrogen and oxygen atoms in total. The van der Waals surface area contributed by atoms with Gasteiger partial charge in [0.25, 0.3) is 0 Å². The summed E-state index contributed by atoms with van der Waals surface area (Å²) in [4.78, 5) is 6.76.